The van der Waals surface area contributed by atoms with E-state index in [0.717, 1.165) is 12.1 Å². The lowest BCUT2D eigenvalue weighted by Crippen LogP contribution is -2.01. The molecule has 4 heteroatoms. The summed E-state index contributed by atoms with van der Waals surface area (Å²) >= 11 is 3.66. The quantitative estimate of drug-likeness (QED) is 0.904. The third kappa shape index (κ3) is 3.50. The molecule has 0 spiro atoms. The van der Waals surface area contributed by atoms with Gasteiger partial charge in [0.15, 0.2) is 0 Å². The molecule has 0 saturated carbocycles. The van der Waals surface area contributed by atoms with E-state index in [9.17, 15) is 5.11 Å². The number of rotatable bonds is 4. The number of aliphatic hydroxyl groups excluding tert-OH is 1. The largest absolute Gasteiger partial charge is 0.396 e. The van der Waals surface area contributed by atoms with Crippen LogP contribution in [0.2, 0.25) is 0 Å². The topological polar surface area (TPSA) is 32.6 Å². The van der Waals surface area contributed by atoms with Gasteiger partial charge < -0.3 is 5.11 Å². The number of thioether (sulfide) groups is 2. The lowest BCUT2D eigenvalue weighted by Gasteiger charge is -2.11. The molecule has 0 radical (unpaired) electrons. The number of aliphatic hydroxyl groups is 1. The molecule has 1 fully saturated rings. The summed E-state index contributed by atoms with van der Waals surface area (Å²) in [5, 5.41) is 9.24. The second kappa shape index (κ2) is 6.47. The molecule has 1 unspecified atom stereocenters. The minimum absolute atomic E-state index is 0.218. The number of hydrogen-bond donors (Lipinski definition) is 1. The maximum Gasteiger partial charge on any atom is 0.130 e. The molecule has 2 nitrogen and oxygen atoms in total. The molecule has 0 amide bonds. The fourth-order valence-corrected chi connectivity index (χ4v) is 3.95. The Morgan fingerprint density at radius 3 is 2.41 bits per heavy atom. The number of nitrogens with zero attached hydrogens (tertiary/aromatic N) is 1. The van der Waals surface area contributed by atoms with Crippen molar-refractivity contribution in [1.82, 2.24) is 0 Å². The average Bonchev–Trinajstić information content (AvgIpc) is 2.86. The molecule has 1 N–H and O–H groups in total. The van der Waals surface area contributed by atoms with Crippen LogP contribution in [0.4, 0.5) is 5.69 Å². The van der Waals surface area contributed by atoms with Gasteiger partial charge in [-0.3, -0.25) is 0 Å². The minimum Gasteiger partial charge on any atom is -0.396 e. The van der Waals surface area contributed by atoms with Gasteiger partial charge >= 0.3 is 0 Å². The number of hydrogen-bond acceptors (Lipinski definition) is 4. The predicted molar refractivity (Wildman–Crippen MR) is 78.6 cm³/mol. The first kappa shape index (κ1) is 13.0. The van der Waals surface area contributed by atoms with Gasteiger partial charge in [0, 0.05) is 24.0 Å². The fourth-order valence-electron chi connectivity index (χ4n) is 1.76. The highest BCUT2D eigenvalue weighted by Gasteiger charge is 2.10. The highest BCUT2D eigenvalue weighted by atomic mass is 32.2. The van der Waals surface area contributed by atoms with Gasteiger partial charge in [-0.05, 0) is 24.1 Å². The first-order valence-electron chi connectivity index (χ1n) is 5.88. The molecule has 2 rings (SSSR count). The van der Waals surface area contributed by atoms with Gasteiger partial charge in [-0.15, -0.1) is 0 Å². The Kier molecular flexibility index (Phi) is 4.95. The standard InChI is InChI=1S/C13H17NOS2/c1-2-10(9-15)11-3-5-12(6-4-11)14-13-16-7-8-17-13/h3-6,10,15H,2,7-9H2,1H3. The number of aliphatic imine (C=N–C) groups is 1. The summed E-state index contributed by atoms with van der Waals surface area (Å²) < 4.78 is 1.17. The van der Waals surface area contributed by atoms with Gasteiger partial charge in [0.05, 0.1) is 5.69 Å². The normalized spacial score (nSPS) is 17.2. The van der Waals surface area contributed by atoms with E-state index in [1.807, 2.05) is 35.7 Å². The van der Waals surface area contributed by atoms with Gasteiger partial charge in [-0.1, -0.05) is 42.6 Å². The van der Waals surface area contributed by atoms with Gasteiger partial charge in [0.2, 0.25) is 0 Å². The second-order valence-electron chi connectivity index (χ2n) is 3.95. The van der Waals surface area contributed by atoms with Crippen molar-refractivity contribution in [3.8, 4) is 0 Å². The molecule has 1 aliphatic heterocycles. The molecule has 1 aliphatic rings. The third-order valence-electron chi connectivity index (χ3n) is 2.83. The van der Waals surface area contributed by atoms with Crippen LogP contribution in [-0.4, -0.2) is 27.6 Å². The highest BCUT2D eigenvalue weighted by Crippen LogP contribution is 2.29. The zero-order valence-electron chi connectivity index (χ0n) is 9.93. The minimum atomic E-state index is 0.218. The van der Waals surface area contributed by atoms with E-state index < -0.39 is 0 Å². The Bertz CT molecular complexity index is 377. The monoisotopic (exact) mass is 267 g/mol. The van der Waals surface area contributed by atoms with Crippen LogP contribution in [0.3, 0.4) is 0 Å². The van der Waals surface area contributed by atoms with Crippen LogP contribution in [0.25, 0.3) is 0 Å². The van der Waals surface area contributed by atoms with Crippen LogP contribution >= 0.6 is 23.5 Å². The summed E-state index contributed by atoms with van der Waals surface area (Å²) in [5.74, 6) is 2.60. The SMILES string of the molecule is CCC(CO)c1ccc(N=C2SCCS2)cc1. The van der Waals surface area contributed by atoms with Gasteiger partial charge in [0.1, 0.15) is 4.38 Å². The third-order valence-corrected chi connectivity index (χ3v) is 5.29. The fraction of sp³-hybridized carbons (Fsp3) is 0.462. The summed E-state index contributed by atoms with van der Waals surface area (Å²) in [6.07, 6.45) is 0.968. The maximum atomic E-state index is 9.24. The summed E-state index contributed by atoms with van der Waals surface area (Å²) in [6.45, 7) is 2.32. The molecule has 0 aromatic heterocycles. The van der Waals surface area contributed by atoms with Gasteiger partial charge in [-0.2, -0.15) is 0 Å². The van der Waals surface area contributed by atoms with E-state index in [1.54, 1.807) is 0 Å². The molecule has 1 aromatic rings. The molecule has 1 saturated heterocycles. The summed E-state index contributed by atoms with van der Waals surface area (Å²) in [6, 6.07) is 8.24. The first-order valence-corrected chi connectivity index (χ1v) is 7.85. The van der Waals surface area contributed by atoms with E-state index in [1.165, 1.54) is 21.4 Å². The van der Waals surface area contributed by atoms with Crippen molar-refractivity contribution in [2.24, 2.45) is 4.99 Å². The Morgan fingerprint density at radius 2 is 1.88 bits per heavy atom. The van der Waals surface area contributed by atoms with Crippen LogP contribution < -0.4 is 0 Å². The van der Waals surface area contributed by atoms with E-state index in [4.69, 9.17) is 0 Å². The Balaban J connectivity index is 2.09. The van der Waals surface area contributed by atoms with E-state index in [0.29, 0.717) is 0 Å². The van der Waals surface area contributed by atoms with E-state index in [-0.39, 0.29) is 12.5 Å². The Morgan fingerprint density at radius 1 is 1.24 bits per heavy atom. The summed E-state index contributed by atoms with van der Waals surface area (Å²) in [5.41, 5.74) is 2.21. The molecular formula is C13H17NOS2. The van der Waals surface area contributed by atoms with Crippen LogP contribution in [0, 0.1) is 0 Å². The van der Waals surface area contributed by atoms with Crippen LogP contribution in [0.5, 0.6) is 0 Å². The first-order chi connectivity index (χ1) is 8.33. The highest BCUT2D eigenvalue weighted by molar-refractivity contribution is 8.41. The van der Waals surface area contributed by atoms with Crippen molar-refractivity contribution in [3.05, 3.63) is 29.8 Å². The lowest BCUT2D eigenvalue weighted by molar-refractivity contribution is 0.262. The van der Waals surface area contributed by atoms with E-state index >= 15 is 0 Å². The molecule has 0 bridgehead atoms. The van der Waals surface area contributed by atoms with Crippen molar-refractivity contribution >= 4 is 33.6 Å². The second-order valence-corrected chi connectivity index (χ2v) is 6.38. The Hall–Kier alpha value is -0.450. The zero-order chi connectivity index (χ0) is 12.1. The summed E-state index contributed by atoms with van der Waals surface area (Å²) in [4.78, 5) is 4.59. The Labute approximate surface area is 111 Å². The van der Waals surface area contributed by atoms with Crippen molar-refractivity contribution in [1.29, 1.82) is 0 Å². The molecule has 0 aliphatic carbocycles. The predicted octanol–water partition coefficient (Wildman–Crippen LogP) is 3.64. The van der Waals surface area contributed by atoms with Gasteiger partial charge in [0.25, 0.3) is 0 Å². The van der Waals surface area contributed by atoms with E-state index in [2.05, 4.69) is 24.0 Å². The number of benzene rings is 1. The smallest absolute Gasteiger partial charge is 0.130 e. The molecule has 17 heavy (non-hydrogen) atoms. The average molecular weight is 267 g/mol. The van der Waals surface area contributed by atoms with Crippen molar-refractivity contribution in [2.45, 2.75) is 19.3 Å². The van der Waals surface area contributed by atoms with Crippen molar-refractivity contribution < 1.29 is 5.11 Å². The van der Waals surface area contributed by atoms with Crippen LogP contribution in [0.1, 0.15) is 24.8 Å². The zero-order valence-corrected chi connectivity index (χ0v) is 11.6. The van der Waals surface area contributed by atoms with Crippen LogP contribution in [0.15, 0.2) is 29.3 Å². The molecule has 1 atom stereocenters. The molecule has 92 valence electrons. The maximum absolute atomic E-state index is 9.24. The summed E-state index contributed by atoms with van der Waals surface area (Å²) in [7, 11) is 0. The molecule has 1 heterocycles. The van der Waals surface area contributed by atoms with Crippen LogP contribution in [-0.2, 0) is 0 Å². The van der Waals surface area contributed by atoms with Gasteiger partial charge in [-0.25, -0.2) is 4.99 Å². The molecular weight excluding hydrogens is 250 g/mol. The van der Waals surface area contributed by atoms with Crippen molar-refractivity contribution in [3.63, 3.8) is 0 Å². The lowest BCUT2D eigenvalue weighted by atomic mass is 9.97. The van der Waals surface area contributed by atoms with Crippen molar-refractivity contribution in [2.75, 3.05) is 18.1 Å². The molecule has 1 aromatic carbocycles.